The molecule has 0 spiro atoms. The second-order valence-corrected chi connectivity index (χ2v) is 3.68. The van der Waals surface area contributed by atoms with Gasteiger partial charge < -0.3 is 9.47 Å². The molecule has 2 saturated heterocycles. The number of hydrogen-bond acceptors (Lipinski definition) is 2. The third-order valence-corrected chi connectivity index (χ3v) is 2.58. The van der Waals surface area contributed by atoms with Gasteiger partial charge in [0, 0.05) is 19.6 Å². The van der Waals surface area contributed by atoms with Gasteiger partial charge in [0.15, 0.2) is 0 Å². The minimum atomic E-state index is 0.359. The second-order valence-electron chi connectivity index (χ2n) is 3.68. The molecule has 0 amide bonds. The Bertz CT molecular complexity index is 165. The largest absolute Gasteiger partial charge is 0.378 e. The molecular formula is C11H17O2. The molecule has 0 aromatic carbocycles. The number of rotatable bonds is 3. The van der Waals surface area contributed by atoms with Crippen LogP contribution in [0.1, 0.15) is 25.7 Å². The molecule has 2 aliphatic rings. The van der Waals surface area contributed by atoms with Gasteiger partial charge in [-0.3, -0.25) is 0 Å². The van der Waals surface area contributed by atoms with Crippen molar-refractivity contribution in [3.63, 3.8) is 0 Å². The first-order valence-corrected chi connectivity index (χ1v) is 5.20. The molecule has 13 heavy (non-hydrogen) atoms. The Morgan fingerprint density at radius 3 is 2.23 bits per heavy atom. The van der Waals surface area contributed by atoms with E-state index in [1.54, 1.807) is 0 Å². The second kappa shape index (κ2) is 4.77. The van der Waals surface area contributed by atoms with Crippen LogP contribution in [-0.4, -0.2) is 25.4 Å². The van der Waals surface area contributed by atoms with Gasteiger partial charge in [0.05, 0.1) is 12.2 Å². The van der Waals surface area contributed by atoms with Crippen LogP contribution < -0.4 is 0 Å². The van der Waals surface area contributed by atoms with Crippen molar-refractivity contribution in [1.82, 2.24) is 0 Å². The summed E-state index contributed by atoms with van der Waals surface area (Å²) in [6.45, 7) is 1.85. The van der Waals surface area contributed by atoms with E-state index in [1.807, 2.05) is 0 Å². The predicted octanol–water partition coefficient (Wildman–Crippen LogP) is 2.10. The Morgan fingerprint density at radius 1 is 0.923 bits per heavy atom. The van der Waals surface area contributed by atoms with Crippen molar-refractivity contribution in [2.24, 2.45) is 0 Å². The lowest BCUT2D eigenvalue weighted by Crippen LogP contribution is -2.04. The van der Waals surface area contributed by atoms with Crippen LogP contribution in [0.5, 0.6) is 0 Å². The van der Waals surface area contributed by atoms with E-state index in [0.29, 0.717) is 12.2 Å². The van der Waals surface area contributed by atoms with Crippen molar-refractivity contribution in [3.05, 3.63) is 18.6 Å². The lowest BCUT2D eigenvalue weighted by Gasteiger charge is -2.05. The smallest absolute Gasteiger partial charge is 0.0756 e. The van der Waals surface area contributed by atoms with Crippen LogP contribution in [0.4, 0.5) is 0 Å². The number of hydrogen-bond donors (Lipinski definition) is 0. The standard InChI is InChI=1S/C11H17O2/c1(4-10-6-2-8-12-10)5-11-7-3-9-13-11/h1,4-5,10-11H,2-3,6-9H2/b4-1+. The maximum atomic E-state index is 5.47. The average Bonchev–Trinajstić information content (AvgIpc) is 2.75. The molecule has 2 heteroatoms. The zero-order valence-electron chi connectivity index (χ0n) is 7.95. The van der Waals surface area contributed by atoms with Crippen LogP contribution in [0.15, 0.2) is 12.2 Å². The van der Waals surface area contributed by atoms with Gasteiger partial charge in [-0.15, -0.1) is 0 Å². The van der Waals surface area contributed by atoms with Crippen LogP contribution in [0.25, 0.3) is 0 Å². The van der Waals surface area contributed by atoms with Gasteiger partial charge in [-0.2, -0.15) is 0 Å². The van der Waals surface area contributed by atoms with E-state index in [1.165, 1.54) is 25.7 Å². The Morgan fingerprint density at radius 2 is 1.62 bits per heavy atom. The van der Waals surface area contributed by atoms with Crippen molar-refractivity contribution in [2.45, 2.75) is 37.9 Å². The van der Waals surface area contributed by atoms with Crippen LogP contribution >= 0.6 is 0 Å². The van der Waals surface area contributed by atoms with Gasteiger partial charge in [-0.25, -0.2) is 0 Å². The van der Waals surface area contributed by atoms with E-state index in [-0.39, 0.29) is 0 Å². The zero-order chi connectivity index (χ0) is 8.93. The Hall–Kier alpha value is -0.340. The molecule has 0 saturated carbocycles. The summed E-state index contributed by atoms with van der Waals surface area (Å²) < 4.78 is 10.9. The lowest BCUT2D eigenvalue weighted by atomic mass is 10.1. The van der Waals surface area contributed by atoms with E-state index in [2.05, 4.69) is 18.6 Å². The Balaban J connectivity index is 1.65. The molecule has 2 heterocycles. The van der Waals surface area contributed by atoms with Crippen molar-refractivity contribution in [1.29, 1.82) is 0 Å². The predicted molar refractivity (Wildman–Crippen MR) is 51.4 cm³/mol. The molecule has 73 valence electrons. The van der Waals surface area contributed by atoms with E-state index in [9.17, 15) is 0 Å². The van der Waals surface area contributed by atoms with Gasteiger partial charge in [0.1, 0.15) is 0 Å². The van der Waals surface area contributed by atoms with E-state index < -0.39 is 0 Å². The summed E-state index contributed by atoms with van der Waals surface area (Å²) >= 11 is 0. The zero-order valence-corrected chi connectivity index (χ0v) is 7.95. The highest BCUT2D eigenvalue weighted by atomic mass is 16.5. The first-order chi connectivity index (χ1) is 6.45. The molecule has 0 N–H and O–H groups in total. The Kier molecular flexibility index (Phi) is 3.39. The SMILES string of the molecule is [CH](/C=C/C1CCCO1)C1CCCO1. The summed E-state index contributed by atoms with van der Waals surface area (Å²) in [4.78, 5) is 0. The van der Waals surface area contributed by atoms with Crippen LogP contribution in [0, 0.1) is 6.42 Å². The van der Waals surface area contributed by atoms with Gasteiger partial charge in [0.2, 0.25) is 0 Å². The highest BCUT2D eigenvalue weighted by Crippen LogP contribution is 2.17. The van der Waals surface area contributed by atoms with Crippen molar-refractivity contribution < 1.29 is 9.47 Å². The summed E-state index contributed by atoms with van der Waals surface area (Å²) in [5.41, 5.74) is 0. The first kappa shape index (κ1) is 9.22. The molecule has 2 fully saturated rings. The lowest BCUT2D eigenvalue weighted by molar-refractivity contribution is 0.135. The molecule has 0 aromatic heterocycles. The first-order valence-electron chi connectivity index (χ1n) is 5.20. The average molecular weight is 181 g/mol. The van der Waals surface area contributed by atoms with Gasteiger partial charge in [-0.1, -0.05) is 12.2 Å². The maximum Gasteiger partial charge on any atom is 0.0756 e. The van der Waals surface area contributed by atoms with E-state index >= 15 is 0 Å². The number of ether oxygens (including phenoxy) is 2. The summed E-state index contributed by atoms with van der Waals surface area (Å²) in [5.74, 6) is 0. The minimum absolute atomic E-state index is 0.359. The van der Waals surface area contributed by atoms with Gasteiger partial charge >= 0.3 is 0 Å². The fourth-order valence-corrected chi connectivity index (χ4v) is 1.82. The molecule has 1 radical (unpaired) electrons. The third-order valence-electron chi connectivity index (χ3n) is 2.58. The summed E-state index contributed by atoms with van der Waals surface area (Å²) in [7, 11) is 0. The van der Waals surface area contributed by atoms with E-state index in [4.69, 9.17) is 9.47 Å². The highest BCUT2D eigenvalue weighted by Gasteiger charge is 2.15. The van der Waals surface area contributed by atoms with Crippen LogP contribution in [0.3, 0.4) is 0 Å². The molecule has 0 aliphatic carbocycles. The third kappa shape index (κ3) is 2.82. The molecule has 0 bridgehead atoms. The van der Waals surface area contributed by atoms with Gasteiger partial charge in [0.25, 0.3) is 0 Å². The molecule has 2 unspecified atom stereocenters. The maximum absolute atomic E-state index is 5.47. The quantitative estimate of drug-likeness (QED) is 0.664. The summed E-state index contributed by atoms with van der Waals surface area (Å²) in [6.07, 6.45) is 11.9. The fourth-order valence-electron chi connectivity index (χ4n) is 1.82. The van der Waals surface area contributed by atoms with Crippen LogP contribution in [0.2, 0.25) is 0 Å². The monoisotopic (exact) mass is 181 g/mol. The molecule has 2 nitrogen and oxygen atoms in total. The molecule has 2 atom stereocenters. The van der Waals surface area contributed by atoms with Crippen molar-refractivity contribution >= 4 is 0 Å². The molecule has 2 aliphatic heterocycles. The fraction of sp³-hybridized carbons (Fsp3) is 0.727. The topological polar surface area (TPSA) is 18.5 Å². The highest BCUT2D eigenvalue weighted by molar-refractivity contribution is 5.04. The van der Waals surface area contributed by atoms with E-state index in [0.717, 1.165) is 13.2 Å². The summed E-state index contributed by atoms with van der Waals surface area (Å²) in [5, 5.41) is 0. The van der Waals surface area contributed by atoms with Crippen LogP contribution in [-0.2, 0) is 9.47 Å². The summed E-state index contributed by atoms with van der Waals surface area (Å²) in [6, 6.07) is 0. The molecule has 2 rings (SSSR count). The molecule has 0 aromatic rings. The van der Waals surface area contributed by atoms with Gasteiger partial charge in [-0.05, 0) is 25.7 Å². The molecular weight excluding hydrogens is 164 g/mol. The minimum Gasteiger partial charge on any atom is -0.378 e. The normalized spacial score (nSPS) is 34.8. The van der Waals surface area contributed by atoms with Crippen molar-refractivity contribution in [2.75, 3.05) is 13.2 Å². The van der Waals surface area contributed by atoms with Crippen molar-refractivity contribution in [3.8, 4) is 0 Å². The Labute approximate surface area is 79.9 Å².